The highest BCUT2D eigenvalue weighted by Gasteiger charge is 2.15. The van der Waals surface area contributed by atoms with E-state index in [1.54, 1.807) is 184 Å². The van der Waals surface area contributed by atoms with Crippen LogP contribution in [-0.4, -0.2) is 265 Å². The van der Waals surface area contributed by atoms with Crippen molar-refractivity contribution in [1.29, 1.82) is 21.6 Å². The van der Waals surface area contributed by atoms with E-state index in [1.807, 2.05) is 11.8 Å². The number of nitrogens with one attached hydrogen (secondary N) is 5. The standard InChI is InChI=1S/3C11H19N5S.3C10H17N5S.C9H15N5S.C9H17N5S.C9H15N5S/c1-8-9(5-7-17-8)4-6-14-10(12)15-11(13)16(2)3;1-8-6-17-7-9(8)4-5-14-10(12)15-11(13)16(2)3;1-8-6-9(7-17-8)4-5-14-10(12)15-11(13)16(2)3;1-7-8(4-6-16-7)3-5-15(2)10(13)14-9(11)12;1-7-5-16-6-8(7)3-4-15(2)10(13)14-9(11)12;1-7-5-8(6-16-7)3-4-15(2)10(13)14-9(11)12;1-6-7(3-5-15-6)2-4-13-9(12)14-8(10)11;1-6-4-15-5-7(6)2-3-13-9(12)14-8(10)11;1-6-4-7(5-15-6)2-3-13-9(12)14-8(10)11/h5,7H,4,6H2,1-3H3,(H4,12,13,14,15);2*6-7H,4-5H2,1-3H3,(H4,12,13,14,15);4,6H,3,5H2,1-2H3,(H5,11,12,13,14);2*5-6H,3-4H2,1-2H3,(H5,11,12,13,14);3,5H,2,4H2,1H3,(H6,10,11,12,13,14);5-6H,2-4H2,1H3,(H6,10,11,12,13,14);4-5H,2-3H2,1H3,(H6,10,11,12,13,14). The largest absolute Gasteiger partial charge is 0.370 e. The number of nitrogens with two attached hydrogens (primary N) is 20. The first-order valence-corrected chi connectivity index (χ1v) is 52.8. The van der Waals surface area contributed by atoms with Crippen LogP contribution >= 0.6 is 102 Å². The number of thioether (sulfide) groups is 1. The molecule has 0 aliphatic carbocycles. The van der Waals surface area contributed by atoms with Gasteiger partial charge in [-0.3, -0.25) is 56.9 Å². The van der Waals surface area contributed by atoms with Gasteiger partial charge in [0.15, 0.2) is 59.6 Å². The summed E-state index contributed by atoms with van der Waals surface area (Å²) in [6, 6.07) is 12.8. The molecule has 54 heteroatoms. The molecular formula is C90H155N45S9. The summed E-state index contributed by atoms with van der Waals surface area (Å²) in [4.78, 5) is 72.9. The highest BCUT2D eigenvalue weighted by molar-refractivity contribution is 8.02. The number of guanidine groups is 18. The molecule has 1 aliphatic heterocycles. The van der Waals surface area contributed by atoms with Gasteiger partial charge in [0.2, 0.25) is 47.7 Å². The van der Waals surface area contributed by atoms with E-state index in [4.69, 9.17) is 136 Å². The lowest BCUT2D eigenvalue weighted by atomic mass is 10.0. The molecule has 0 saturated carbocycles. The molecule has 8 aromatic rings. The number of aliphatic imine (C=N–C) groups is 14. The van der Waals surface area contributed by atoms with Crippen molar-refractivity contribution in [2.45, 2.75) is 120 Å². The van der Waals surface area contributed by atoms with E-state index in [0.29, 0.717) is 63.1 Å². The summed E-state index contributed by atoms with van der Waals surface area (Å²) in [5.74, 6) is 3.75. The van der Waals surface area contributed by atoms with Crippen molar-refractivity contribution in [3.05, 3.63) is 186 Å². The van der Waals surface area contributed by atoms with Crippen LogP contribution in [0.3, 0.4) is 0 Å². The second-order valence-electron chi connectivity index (χ2n) is 32.1. The van der Waals surface area contributed by atoms with Crippen molar-refractivity contribution >= 4 is 210 Å². The lowest BCUT2D eigenvalue weighted by molar-refractivity contribution is 0.499. The molecule has 1 aliphatic rings. The van der Waals surface area contributed by atoms with Crippen molar-refractivity contribution in [2.24, 2.45) is 190 Å². The van der Waals surface area contributed by atoms with Gasteiger partial charge >= 0.3 is 0 Å². The van der Waals surface area contributed by atoms with Gasteiger partial charge < -0.3 is 144 Å². The monoisotopic (exact) mass is 2150 g/mol. The Bertz CT molecular complexity index is 5470. The maximum absolute atomic E-state index is 7.59. The Hall–Kier alpha value is -13.7. The fourth-order valence-corrected chi connectivity index (χ4v) is 18.3. The molecule has 0 saturated heterocycles. The molecule has 0 bridgehead atoms. The number of likely N-dealkylation sites (N-methyl/N-ethyl adjacent to an activating group) is 3. The minimum atomic E-state index is -0.180. The van der Waals surface area contributed by atoms with E-state index in [1.165, 1.54) is 96.2 Å². The van der Waals surface area contributed by atoms with Gasteiger partial charge in [-0.25, -0.2) is 0 Å². The lowest BCUT2D eigenvalue weighted by Gasteiger charge is -2.16. The molecule has 45 nitrogen and oxygen atoms in total. The number of nitrogens with zero attached hydrogens (tertiary/aromatic N) is 20. The Morgan fingerprint density at radius 2 is 0.618 bits per heavy atom. The summed E-state index contributed by atoms with van der Waals surface area (Å²) in [6.45, 7) is 24.9. The Morgan fingerprint density at radius 1 is 0.333 bits per heavy atom. The van der Waals surface area contributed by atoms with Gasteiger partial charge in [-0.15, -0.1) is 79.8 Å². The predicted octanol–water partition coefficient (Wildman–Crippen LogP) is 5.40. The van der Waals surface area contributed by atoms with Crippen LogP contribution in [0.2, 0.25) is 0 Å². The van der Waals surface area contributed by atoms with E-state index < -0.39 is 0 Å². The predicted molar refractivity (Wildman–Crippen MR) is 626 cm³/mol. The van der Waals surface area contributed by atoms with E-state index in [2.05, 4.69) is 233 Å². The molecule has 0 spiro atoms. The van der Waals surface area contributed by atoms with Crippen molar-refractivity contribution in [3.63, 3.8) is 0 Å². The van der Waals surface area contributed by atoms with Crippen molar-refractivity contribution in [2.75, 3.05) is 128 Å². The maximum Gasteiger partial charge on any atom is 0.220 e. The Labute approximate surface area is 884 Å². The van der Waals surface area contributed by atoms with Crippen LogP contribution in [0, 0.1) is 82.9 Å². The highest BCUT2D eigenvalue weighted by Crippen LogP contribution is 2.30. The number of hydrogen-bond acceptors (Lipinski definition) is 19. The molecule has 144 heavy (non-hydrogen) atoms. The van der Waals surface area contributed by atoms with Gasteiger partial charge in [0, 0.05) is 157 Å². The van der Waals surface area contributed by atoms with Crippen LogP contribution in [0.15, 0.2) is 171 Å². The van der Waals surface area contributed by atoms with Gasteiger partial charge in [0.05, 0.1) is 0 Å². The SMILES string of the molecule is CC1CSC=C1CCN=C(N)NC(=N)N.Cc1cc(CCN(C)C(=N)N=C(N)N)cs1.Cc1cc(CCN=C(N)N=C(N)N(C)C)cs1.Cc1cc(CCN=C(N)N=C(N)N)cs1.Cc1cscc1CCN(C)C(=N)N=C(N)N.Cc1cscc1CCN=C(N)N=C(N)N(C)C.Cc1sccc1CCN(C)C(=N)N=C(N)N.Cc1sccc1CCN=C(N)N=C(N)N.Cc1sccc1CCN=C(N)N=C(N)N(C)C. The zero-order valence-electron chi connectivity index (χ0n) is 86.0. The molecule has 1 atom stereocenters. The van der Waals surface area contributed by atoms with Gasteiger partial charge in [0.25, 0.3) is 0 Å². The molecule has 794 valence electrons. The molecule has 1 unspecified atom stereocenters. The number of hydrogen-bond donors (Lipinski definition) is 25. The third-order valence-electron chi connectivity index (χ3n) is 19.2. The summed E-state index contributed by atoms with van der Waals surface area (Å²) >= 11 is 15.7. The second kappa shape index (κ2) is 71.7. The Balaban J connectivity index is 0.000000810. The molecule has 8 aromatic heterocycles. The summed E-state index contributed by atoms with van der Waals surface area (Å²) < 4.78 is 0. The lowest BCUT2D eigenvalue weighted by Crippen LogP contribution is -2.40. The molecule has 9 heterocycles. The fraction of sp³-hybridized carbons (Fsp3) is 0.422. The first-order chi connectivity index (χ1) is 67.7. The van der Waals surface area contributed by atoms with Crippen LogP contribution in [0.1, 0.15) is 98.2 Å². The van der Waals surface area contributed by atoms with Crippen LogP contribution in [-0.2, 0) is 51.4 Å². The van der Waals surface area contributed by atoms with E-state index in [0.717, 1.165) is 77.4 Å². The Kier molecular flexibility index (Phi) is 63.9. The molecule has 0 aromatic carbocycles. The van der Waals surface area contributed by atoms with Crippen molar-refractivity contribution < 1.29 is 0 Å². The van der Waals surface area contributed by atoms with Gasteiger partial charge in [0.1, 0.15) is 0 Å². The fourth-order valence-electron chi connectivity index (χ4n) is 10.9. The van der Waals surface area contributed by atoms with Crippen molar-refractivity contribution in [3.8, 4) is 0 Å². The second-order valence-corrected chi connectivity index (χ2v) is 41.2. The Morgan fingerprint density at radius 3 is 0.889 bits per heavy atom. The molecule has 45 N–H and O–H groups in total. The smallest absolute Gasteiger partial charge is 0.220 e. The zero-order chi connectivity index (χ0) is 109. The summed E-state index contributed by atoms with van der Waals surface area (Å²) in [7, 11) is 16.2. The molecule has 0 amide bonds. The van der Waals surface area contributed by atoms with Gasteiger partial charge in [-0.2, -0.15) is 62.6 Å². The third kappa shape index (κ3) is 61.3. The minimum absolute atomic E-state index is 0.0667. The maximum atomic E-state index is 7.59. The topological polar surface area (TPSA) is 820 Å². The van der Waals surface area contributed by atoms with Crippen LogP contribution in [0.4, 0.5) is 0 Å². The van der Waals surface area contributed by atoms with Gasteiger partial charge in [-0.05, 0) is 270 Å². The van der Waals surface area contributed by atoms with Crippen LogP contribution in [0.25, 0.3) is 0 Å². The summed E-state index contributed by atoms with van der Waals surface area (Å²) in [5.41, 5.74) is 122. The van der Waals surface area contributed by atoms with Crippen LogP contribution < -0.4 is 120 Å². The number of rotatable bonds is 27. The van der Waals surface area contributed by atoms with Crippen molar-refractivity contribution in [1.82, 2.24) is 34.7 Å². The first kappa shape index (κ1) is 128. The first-order valence-electron chi connectivity index (χ1n) is 44.6. The quantitative estimate of drug-likeness (QED) is 0.0226. The van der Waals surface area contributed by atoms with E-state index >= 15 is 0 Å². The van der Waals surface area contributed by atoms with E-state index in [9.17, 15) is 0 Å². The van der Waals surface area contributed by atoms with E-state index in [-0.39, 0.29) is 89.4 Å². The summed E-state index contributed by atoms with van der Waals surface area (Å²) in [6.07, 6.45) is 7.96. The average Bonchev–Trinajstić information content (AvgIpc) is 1.83. The number of aryl methyl sites for hydroxylation is 8. The molecule has 0 radical (unpaired) electrons. The highest BCUT2D eigenvalue weighted by atomic mass is 32.2. The average molecular weight is 2160 g/mol. The molecular weight excluding hydrogens is 2000 g/mol. The minimum Gasteiger partial charge on any atom is -0.370 e. The van der Waals surface area contributed by atoms with Crippen LogP contribution in [0.5, 0.6) is 0 Å². The normalized spacial score (nSPS) is 12.4. The summed E-state index contributed by atoms with van der Waals surface area (Å²) in [5, 5.41) is 55.5. The number of thiophene rings is 8. The van der Waals surface area contributed by atoms with Gasteiger partial charge in [-0.1, -0.05) is 12.5 Å². The molecule has 0 fully saturated rings. The molecule has 9 rings (SSSR count). The zero-order valence-corrected chi connectivity index (χ0v) is 93.3. The third-order valence-corrected chi connectivity index (χ3v) is 27.5.